The lowest BCUT2D eigenvalue weighted by atomic mass is 10.1. The average Bonchev–Trinajstić information content (AvgIpc) is 3.20. The van der Waals surface area contributed by atoms with Crippen LogP contribution in [0.25, 0.3) is 33.5 Å². The molecule has 0 fully saturated rings. The molecule has 0 aliphatic heterocycles. The number of aromatic nitrogens is 6. The van der Waals surface area contributed by atoms with Crippen LogP contribution in [0, 0.1) is 5.82 Å². The molecule has 3 heterocycles. The molecule has 0 bridgehead atoms. The third-order valence-electron chi connectivity index (χ3n) is 5.49. The second-order valence-corrected chi connectivity index (χ2v) is 11.3. The highest BCUT2D eigenvalue weighted by Gasteiger charge is 2.19. The fraction of sp³-hybridized carbons (Fsp3) is 0.174. The standard InChI is InChI=1S/C23H20FN6OP/c1-14(15-6-8-19-16(11-15)5-4-10-25-19)30-23-22(28-29-30)26-13-20(27-23)17-7-9-21(18(24)12-17)32(2,3)31/h4-14H,1-3H3. The number of nitrogens with zero attached hydrogens (tertiary/aromatic N) is 6. The average molecular weight is 446 g/mol. The summed E-state index contributed by atoms with van der Waals surface area (Å²) in [5.74, 6) is -0.512. The molecule has 0 N–H and O–H groups in total. The van der Waals surface area contributed by atoms with Gasteiger partial charge < -0.3 is 4.57 Å². The molecule has 0 aliphatic rings. The van der Waals surface area contributed by atoms with Crippen LogP contribution in [0.3, 0.4) is 0 Å². The van der Waals surface area contributed by atoms with E-state index in [1.54, 1.807) is 42.5 Å². The monoisotopic (exact) mass is 446 g/mol. The van der Waals surface area contributed by atoms with Crippen molar-refractivity contribution in [1.82, 2.24) is 29.9 Å². The summed E-state index contributed by atoms with van der Waals surface area (Å²) < 4.78 is 28.6. The Kier molecular flexibility index (Phi) is 4.82. The van der Waals surface area contributed by atoms with Gasteiger partial charge in [-0.3, -0.25) is 4.98 Å². The van der Waals surface area contributed by atoms with E-state index in [1.807, 2.05) is 31.2 Å². The van der Waals surface area contributed by atoms with Crippen molar-refractivity contribution in [1.29, 1.82) is 0 Å². The minimum Gasteiger partial charge on any atom is -0.319 e. The maximum absolute atomic E-state index is 14.6. The summed E-state index contributed by atoms with van der Waals surface area (Å²) in [6.07, 6.45) is 3.31. The molecule has 7 nitrogen and oxygen atoms in total. The molecule has 0 saturated carbocycles. The molecule has 5 rings (SSSR count). The molecule has 1 unspecified atom stereocenters. The molecular weight excluding hydrogens is 426 g/mol. The summed E-state index contributed by atoms with van der Waals surface area (Å²) in [5, 5.41) is 9.67. The number of rotatable bonds is 4. The number of halogens is 1. The first-order chi connectivity index (χ1) is 15.3. The zero-order chi connectivity index (χ0) is 22.5. The van der Waals surface area contributed by atoms with Gasteiger partial charge in [-0.15, -0.1) is 5.10 Å². The van der Waals surface area contributed by atoms with Crippen molar-refractivity contribution < 1.29 is 8.96 Å². The third-order valence-corrected chi connectivity index (χ3v) is 7.01. The van der Waals surface area contributed by atoms with Crippen molar-refractivity contribution in [2.45, 2.75) is 13.0 Å². The van der Waals surface area contributed by atoms with Gasteiger partial charge in [0.2, 0.25) is 5.65 Å². The smallest absolute Gasteiger partial charge is 0.221 e. The molecule has 0 aliphatic carbocycles. The van der Waals surface area contributed by atoms with Gasteiger partial charge in [-0.05, 0) is 56.1 Å². The van der Waals surface area contributed by atoms with Crippen LogP contribution in [-0.4, -0.2) is 43.3 Å². The quantitative estimate of drug-likeness (QED) is 0.380. The predicted molar refractivity (Wildman–Crippen MR) is 123 cm³/mol. The Labute approximate surface area is 183 Å². The Morgan fingerprint density at radius 3 is 2.69 bits per heavy atom. The number of pyridine rings is 1. The van der Waals surface area contributed by atoms with E-state index in [-0.39, 0.29) is 11.3 Å². The maximum Gasteiger partial charge on any atom is 0.221 e. The van der Waals surface area contributed by atoms with Crippen molar-refractivity contribution in [3.63, 3.8) is 0 Å². The first-order valence-electron chi connectivity index (χ1n) is 10.1. The Bertz CT molecular complexity index is 1530. The van der Waals surface area contributed by atoms with Crippen LogP contribution in [0.4, 0.5) is 4.39 Å². The van der Waals surface area contributed by atoms with Gasteiger partial charge in [0.15, 0.2) is 5.65 Å². The van der Waals surface area contributed by atoms with Crippen LogP contribution >= 0.6 is 7.14 Å². The van der Waals surface area contributed by atoms with E-state index < -0.39 is 13.0 Å². The summed E-state index contributed by atoms with van der Waals surface area (Å²) >= 11 is 0. The molecule has 1 atom stereocenters. The van der Waals surface area contributed by atoms with Crippen LogP contribution in [-0.2, 0) is 4.57 Å². The van der Waals surface area contributed by atoms with Gasteiger partial charge in [-0.25, -0.2) is 19.0 Å². The first kappa shape index (κ1) is 20.4. The van der Waals surface area contributed by atoms with Gasteiger partial charge in [0.05, 0.1) is 23.4 Å². The summed E-state index contributed by atoms with van der Waals surface area (Å²) in [6, 6.07) is 14.4. The molecule has 160 valence electrons. The largest absolute Gasteiger partial charge is 0.319 e. The molecule has 0 amide bonds. The highest BCUT2D eigenvalue weighted by molar-refractivity contribution is 7.70. The zero-order valence-corrected chi connectivity index (χ0v) is 18.7. The summed E-state index contributed by atoms with van der Waals surface area (Å²) in [5.41, 5.74) is 3.90. The lowest BCUT2D eigenvalue weighted by Crippen LogP contribution is -2.10. The maximum atomic E-state index is 14.6. The number of hydrogen-bond acceptors (Lipinski definition) is 6. The first-order valence-corrected chi connectivity index (χ1v) is 12.7. The molecule has 32 heavy (non-hydrogen) atoms. The van der Waals surface area contributed by atoms with Crippen LogP contribution in [0.1, 0.15) is 18.5 Å². The predicted octanol–water partition coefficient (Wildman–Crippen LogP) is 4.43. The van der Waals surface area contributed by atoms with Crippen LogP contribution in [0.2, 0.25) is 0 Å². The van der Waals surface area contributed by atoms with E-state index in [0.717, 1.165) is 16.5 Å². The lowest BCUT2D eigenvalue weighted by Gasteiger charge is -2.13. The van der Waals surface area contributed by atoms with Gasteiger partial charge >= 0.3 is 0 Å². The topological polar surface area (TPSA) is 86.5 Å². The van der Waals surface area contributed by atoms with Gasteiger partial charge in [0.25, 0.3) is 0 Å². The minimum atomic E-state index is -2.71. The van der Waals surface area contributed by atoms with Crippen LogP contribution in [0.15, 0.2) is 60.9 Å². The molecule has 3 aromatic heterocycles. The third kappa shape index (κ3) is 3.56. The fourth-order valence-electron chi connectivity index (χ4n) is 3.73. The molecule has 0 radical (unpaired) electrons. The zero-order valence-electron chi connectivity index (χ0n) is 17.8. The van der Waals surface area contributed by atoms with E-state index in [2.05, 4.69) is 31.3 Å². The van der Waals surface area contributed by atoms with Crippen molar-refractivity contribution in [2.24, 2.45) is 0 Å². The number of benzene rings is 2. The van der Waals surface area contributed by atoms with E-state index in [4.69, 9.17) is 0 Å². The summed E-state index contributed by atoms with van der Waals surface area (Å²) in [7, 11) is -2.71. The number of fused-ring (bicyclic) bond motifs is 2. The Hall–Kier alpha value is -3.51. The number of hydrogen-bond donors (Lipinski definition) is 0. The highest BCUT2D eigenvalue weighted by Crippen LogP contribution is 2.36. The highest BCUT2D eigenvalue weighted by atomic mass is 31.2. The Morgan fingerprint density at radius 1 is 1.06 bits per heavy atom. The van der Waals surface area contributed by atoms with E-state index >= 15 is 0 Å². The van der Waals surface area contributed by atoms with Crippen molar-refractivity contribution in [2.75, 3.05) is 13.3 Å². The second-order valence-electron chi connectivity index (χ2n) is 8.09. The molecule has 0 saturated heterocycles. The molecule has 0 spiro atoms. The molecule has 5 aromatic rings. The normalized spacial score (nSPS) is 13.0. The molecule has 2 aromatic carbocycles. The van der Waals surface area contributed by atoms with Gasteiger partial charge in [-0.1, -0.05) is 23.4 Å². The molecular formula is C23H20FN6OP. The van der Waals surface area contributed by atoms with E-state index in [0.29, 0.717) is 22.6 Å². The van der Waals surface area contributed by atoms with Crippen molar-refractivity contribution in [3.8, 4) is 11.3 Å². The van der Waals surface area contributed by atoms with E-state index in [1.165, 1.54) is 6.07 Å². The van der Waals surface area contributed by atoms with E-state index in [9.17, 15) is 8.96 Å². The lowest BCUT2D eigenvalue weighted by molar-refractivity contribution is 0.556. The molecule has 9 heteroatoms. The van der Waals surface area contributed by atoms with Gasteiger partial charge in [0, 0.05) is 22.5 Å². The van der Waals surface area contributed by atoms with Crippen molar-refractivity contribution >= 4 is 34.6 Å². The van der Waals surface area contributed by atoms with Gasteiger partial charge in [0.1, 0.15) is 13.0 Å². The SMILES string of the molecule is CC(c1ccc2ncccc2c1)n1nnc2ncc(-c3ccc(P(C)(C)=O)c(F)c3)nc21. The summed E-state index contributed by atoms with van der Waals surface area (Å²) in [4.78, 5) is 13.4. The Morgan fingerprint density at radius 2 is 1.91 bits per heavy atom. The van der Waals surface area contributed by atoms with Crippen LogP contribution in [0.5, 0.6) is 0 Å². The summed E-state index contributed by atoms with van der Waals surface area (Å²) in [6.45, 7) is 5.10. The minimum absolute atomic E-state index is 0.153. The van der Waals surface area contributed by atoms with Crippen LogP contribution < -0.4 is 5.30 Å². The Balaban J connectivity index is 1.56. The van der Waals surface area contributed by atoms with Crippen molar-refractivity contribution in [3.05, 3.63) is 72.3 Å². The fourth-order valence-corrected chi connectivity index (χ4v) is 4.74. The second kappa shape index (κ2) is 7.57. The van der Waals surface area contributed by atoms with Gasteiger partial charge in [-0.2, -0.15) is 0 Å².